The molecular formula is C22H28Hf-2. The van der Waals surface area contributed by atoms with Crippen molar-refractivity contribution in [1.82, 2.24) is 0 Å². The number of benzene rings is 1. The van der Waals surface area contributed by atoms with E-state index < -0.39 is 0 Å². The summed E-state index contributed by atoms with van der Waals surface area (Å²) in [6.07, 6.45) is 3.44. The largest absolute Gasteiger partial charge is 0.263 e. The Hall–Kier alpha value is -0.820. The molecule has 1 heteroatoms. The number of fused-ring (bicyclic) bond motifs is 1. The Morgan fingerprint density at radius 2 is 1.52 bits per heavy atom. The van der Waals surface area contributed by atoms with Crippen molar-refractivity contribution >= 4 is 10.8 Å². The molecule has 0 saturated heterocycles. The first-order valence-corrected chi connectivity index (χ1v) is 8.08. The summed E-state index contributed by atoms with van der Waals surface area (Å²) >= 11 is 0. The molecule has 2 aromatic rings. The second-order valence-electron chi connectivity index (χ2n) is 7.05. The molecule has 0 spiro atoms. The Kier molecular flexibility index (Phi) is 6.49. The molecule has 1 aliphatic carbocycles. The van der Waals surface area contributed by atoms with Gasteiger partial charge < -0.3 is 0 Å². The van der Waals surface area contributed by atoms with Crippen LogP contribution in [0.25, 0.3) is 10.8 Å². The van der Waals surface area contributed by atoms with E-state index in [9.17, 15) is 0 Å². The van der Waals surface area contributed by atoms with Crippen LogP contribution in [0.4, 0.5) is 0 Å². The van der Waals surface area contributed by atoms with Crippen LogP contribution in [0.1, 0.15) is 51.3 Å². The third kappa shape index (κ3) is 3.82. The summed E-state index contributed by atoms with van der Waals surface area (Å²) in [5.41, 5.74) is 8.70. The molecule has 0 atom stereocenters. The molecule has 0 bridgehead atoms. The van der Waals surface area contributed by atoms with E-state index in [0.717, 1.165) is 0 Å². The number of hydrogen-bond acceptors (Lipinski definition) is 0. The van der Waals surface area contributed by atoms with Gasteiger partial charge in [0.05, 0.1) is 0 Å². The van der Waals surface area contributed by atoms with E-state index in [4.69, 9.17) is 0 Å². The monoisotopic (exact) mass is 472 g/mol. The third-order valence-electron chi connectivity index (χ3n) is 5.42. The summed E-state index contributed by atoms with van der Waals surface area (Å²) in [6, 6.07) is 8.61. The topological polar surface area (TPSA) is 0 Å². The minimum absolute atomic E-state index is 0. The first-order chi connectivity index (χ1) is 10.2. The Labute approximate surface area is 160 Å². The van der Waals surface area contributed by atoms with Gasteiger partial charge in [0.2, 0.25) is 0 Å². The molecule has 0 unspecified atom stereocenters. The predicted molar refractivity (Wildman–Crippen MR) is 98.3 cm³/mol. The fourth-order valence-electron chi connectivity index (χ4n) is 3.23. The van der Waals surface area contributed by atoms with Crippen molar-refractivity contribution in [3.05, 3.63) is 63.8 Å². The van der Waals surface area contributed by atoms with Crippen LogP contribution in [0, 0.1) is 32.3 Å². The average Bonchev–Trinajstić information content (AvgIpc) is 2.81. The molecule has 1 aliphatic rings. The molecule has 0 fully saturated rings. The molecule has 0 heterocycles. The summed E-state index contributed by atoms with van der Waals surface area (Å²) in [5.74, 6) is 0. The number of aryl methyl sites for hydroxylation is 2. The van der Waals surface area contributed by atoms with Crippen LogP contribution in [0.3, 0.4) is 0 Å². The molecule has 2 aromatic carbocycles. The maximum Gasteiger partial charge on any atom is 0 e. The molecule has 0 N–H and O–H groups in total. The normalized spacial score (nSPS) is 15.9. The second-order valence-corrected chi connectivity index (χ2v) is 7.05. The Balaban J connectivity index is 0.000000224. The van der Waals surface area contributed by atoms with Crippen molar-refractivity contribution in [2.75, 3.05) is 0 Å². The molecule has 0 aliphatic heterocycles. The van der Waals surface area contributed by atoms with Gasteiger partial charge in [-0.2, -0.15) is 16.7 Å². The third-order valence-corrected chi connectivity index (χ3v) is 5.42. The number of hydrogen-bond donors (Lipinski definition) is 0. The molecular weight excluding hydrogens is 443 g/mol. The SMILES string of the molecule is CC1=[C-]C(C)(C)C(C)=C1C.Cc1c(C)[c-](C)c2ccccc12.[Hf]. The molecule has 0 aromatic heterocycles. The van der Waals surface area contributed by atoms with Gasteiger partial charge in [-0.25, -0.2) is 5.57 Å². The van der Waals surface area contributed by atoms with Crippen molar-refractivity contribution in [1.29, 1.82) is 0 Å². The maximum atomic E-state index is 3.44. The van der Waals surface area contributed by atoms with Crippen molar-refractivity contribution in [3.8, 4) is 0 Å². The zero-order chi connectivity index (χ0) is 16.7. The molecule has 0 saturated carbocycles. The first kappa shape index (κ1) is 20.2. The fraction of sp³-hybridized carbons (Fsp3) is 0.409. The van der Waals surface area contributed by atoms with E-state index in [0.29, 0.717) is 0 Å². The first-order valence-electron chi connectivity index (χ1n) is 8.08. The minimum Gasteiger partial charge on any atom is -0.263 e. The van der Waals surface area contributed by atoms with Gasteiger partial charge in [-0.1, -0.05) is 59.9 Å². The van der Waals surface area contributed by atoms with Crippen LogP contribution in [0.5, 0.6) is 0 Å². The van der Waals surface area contributed by atoms with Gasteiger partial charge in [0.25, 0.3) is 0 Å². The molecule has 3 rings (SSSR count). The van der Waals surface area contributed by atoms with Gasteiger partial charge in [-0.3, -0.25) is 6.08 Å². The Bertz CT molecular complexity index is 728. The van der Waals surface area contributed by atoms with Gasteiger partial charge in [0.15, 0.2) is 0 Å². The standard InChI is InChI=1S/C12H13.C10H15.Hf/c1-8-9(2)11-6-4-5-7-12(11)10(8)3;1-7-6-10(4,5)9(3)8(7)2;/h4-7H,1-3H3;1-5H3;/q2*-1;. The second kappa shape index (κ2) is 7.38. The minimum atomic E-state index is 0. The van der Waals surface area contributed by atoms with E-state index in [2.05, 4.69) is 85.7 Å². The Morgan fingerprint density at radius 3 is 1.91 bits per heavy atom. The summed E-state index contributed by atoms with van der Waals surface area (Å²) in [7, 11) is 0. The van der Waals surface area contributed by atoms with Crippen molar-refractivity contribution in [2.45, 2.75) is 55.4 Å². The van der Waals surface area contributed by atoms with Crippen LogP contribution in [0.2, 0.25) is 0 Å². The fourth-order valence-corrected chi connectivity index (χ4v) is 3.23. The molecule has 0 radical (unpaired) electrons. The number of allylic oxidation sites excluding steroid dienone is 4. The predicted octanol–water partition coefficient (Wildman–Crippen LogP) is 6.59. The van der Waals surface area contributed by atoms with Crippen LogP contribution >= 0.6 is 0 Å². The van der Waals surface area contributed by atoms with Gasteiger partial charge in [0, 0.05) is 25.8 Å². The van der Waals surface area contributed by atoms with E-state index in [1.807, 2.05) is 0 Å². The van der Waals surface area contributed by atoms with E-state index in [-0.39, 0.29) is 31.3 Å². The van der Waals surface area contributed by atoms with E-state index in [1.54, 1.807) is 0 Å². The summed E-state index contributed by atoms with van der Waals surface area (Å²) in [5, 5.41) is 2.82. The van der Waals surface area contributed by atoms with Crippen LogP contribution < -0.4 is 0 Å². The molecule has 23 heavy (non-hydrogen) atoms. The zero-order valence-electron chi connectivity index (χ0n) is 15.8. The van der Waals surface area contributed by atoms with Gasteiger partial charge in [-0.15, -0.1) is 47.0 Å². The van der Waals surface area contributed by atoms with Gasteiger partial charge in [-0.05, 0) is 0 Å². The van der Waals surface area contributed by atoms with Crippen LogP contribution in [-0.4, -0.2) is 0 Å². The van der Waals surface area contributed by atoms with Crippen molar-refractivity contribution < 1.29 is 25.8 Å². The van der Waals surface area contributed by atoms with Crippen LogP contribution in [-0.2, 0) is 25.8 Å². The van der Waals surface area contributed by atoms with Gasteiger partial charge >= 0.3 is 0 Å². The summed E-state index contributed by atoms with van der Waals surface area (Å²) in [4.78, 5) is 0. The van der Waals surface area contributed by atoms with Crippen LogP contribution in [0.15, 0.2) is 41.0 Å². The maximum absolute atomic E-state index is 3.44. The summed E-state index contributed by atoms with van der Waals surface area (Å²) < 4.78 is 0. The van der Waals surface area contributed by atoms with Crippen molar-refractivity contribution in [3.63, 3.8) is 0 Å². The average molecular weight is 471 g/mol. The van der Waals surface area contributed by atoms with Crippen molar-refractivity contribution in [2.24, 2.45) is 5.41 Å². The molecule has 0 amide bonds. The van der Waals surface area contributed by atoms with E-state index >= 15 is 0 Å². The molecule has 122 valence electrons. The summed E-state index contributed by atoms with van der Waals surface area (Å²) in [6.45, 7) is 17.5. The van der Waals surface area contributed by atoms with Gasteiger partial charge in [0.1, 0.15) is 0 Å². The number of rotatable bonds is 0. The smallest absolute Gasteiger partial charge is 0 e. The quantitative estimate of drug-likeness (QED) is 0.301. The Morgan fingerprint density at radius 1 is 0.957 bits per heavy atom. The van der Waals surface area contributed by atoms with E-state index in [1.165, 1.54) is 44.2 Å². The molecule has 0 nitrogen and oxygen atoms in total. The zero-order valence-corrected chi connectivity index (χ0v) is 19.4.